The molecule has 2 atom stereocenters. The summed E-state index contributed by atoms with van der Waals surface area (Å²) in [5, 5.41) is 11.5. The topological polar surface area (TPSA) is 32.6 Å². The number of hydrogen-bond acceptors (Lipinski definition) is 2. The predicted molar refractivity (Wildman–Crippen MR) is 72.4 cm³/mol. The Labute approximate surface area is 107 Å². The van der Waals surface area contributed by atoms with Gasteiger partial charge in [-0.2, -0.15) is 0 Å². The molecule has 0 unspecified atom stereocenters. The summed E-state index contributed by atoms with van der Waals surface area (Å²) >= 11 is 0. The fourth-order valence-electron chi connectivity index (χ4n) is 2.53. The molecule has 1 fully saturated rings. The first-order valence-electron chi connectivity index (χ1n) is 6.21. The Hall–Kier alpha value is -2.09. The summed E-state index contributed by atoms with van der Waals surface area (Å²) < 4.78 is 0. The van der Waals surface area contributed by atoms with Crippen molar-refractivity contribution in [3.05, 3.63) is 71.3 Å². The minimum atomic E-state index is 0.646. The van der Waals surface area contributed by atoms with Crippen LogP contribution in [0.3, 0.4) is 0 Å². The number of oxime groups is 1. The number of hydrogen-bond donors (Lipinski definition) is 1. The third kappa shape index (κ3) is 2.14. The first-order chi connectivity index (χ1) is 8.88. The van der Waals surface area contributed by atoms with Crippen molar-refractivity contribution in [3.8, 4) is 0 Å². The van der Waals surface area contributed by atoms with Gasteiger partial charge in [-0.1, -0.05) is 59.8 Å². The maximum atomic E-state index is 8.47. The van der Waals surface area contributed by atoms with E-state index in [9.17, 15) is 0 Å². The smallest absolute Gasteiger partial charge is 0.0733 e. The molecule has 1 N–H and O–H groups in total. The molecular weight excluding hydrogens is 222 g/mol. The van der Waals surface area contributed by atoms with Gasteiger partial charge in [-0.25, -0.2) is 0 Å². The van der Waals surface area contributed by atoms with Gasteiger partial charge in [-0.15, -0.1) is 0 Å². The zero-order valence-electron chi connectivity index (χ0n) is 10.0. The van der Waals surface area contributed by atoms with Crippen LogP contribution in [0.4, 0.5) is 0 Å². The van der Waals surface area contributed by atoms with Gasteiger partial charge in [-0.05, 0) is 34.9 Å². The summed E-state index contributed by atoms with van der Waals surface area (Å²) in [5.74, 6) is 1.32. The van der Waals surface area contributed by atoms with E-state index in [4.69, 9.17) is 5.21 Å². The van der Waals surface area contributed by atoms with Gasteiger partial charge < -0.3 is 5.21 Å². The van der Waals surface area contributed by atoms with Gasteiger partial charge in [0, 0.05) is 0 Å². The Morgan fingerprint density at radius 1 is 0.889 bits per heavy atom. The van der Waals surface area contributed by atoms with Crippen LogP contribution in [-0.2, 0) is 0 Å². The van der Waals surface area contributed by atoms with E-state index < -0.39 is 0 Å². The van der Waals surface area contributed by atoms with Crippen LogP contribution in [0.15, 0.2) is 59.8 Å². The van der Waals surface area contributed by atoms with Crippen LogP contribution >= 0.6 is 0 Å². The molecule has 0 amide bonds. The van der Waals surface area contributed by atoms with Gasteiger partial charge in [0.1, 0.15) is 0 Å². The van der Waals surface area contributed by atoms with Gasteiger partial charge in [0.05, 0.1) is 6.21 Å². The van der Waals surface area contributed by atoms with Crippen molar-refractivity contribution < 1.29 is 5.21 Å². The molecule has 18 heavy (non-hydrogen) atoms. The standard InChI is InChI=1S/C16H15NO/c18-17-11-12-6-8-14(9-7-12)16-10-15(16)13-4-2-1-3-5-13/h1-9,11,15-16,18H,10H2/b17-11-/t15-,16+/m1/s1. The fourth-order valence-corrected chi connectivity index (χ4v) is 2.53. The number of nitrogens with zero attached hydrogens (tertiary/aromatic N) is 1. The van der Waals surface area contributed by atoms with Crippen LogP contribution in [0.2, 0.25) is 0 Å². The highest BCUT2D eigenvalue weighted by Gasteiger charge is 2.39. The monoisotopic (exact) mass is 237 g/mol. The summed E-state index contributed by atoms with van der Waals surface area (Å²) in [5.41, 5.74) is 3.74. The van der Waals surface area contributed by atoms with E-state index in [0.29, 0.717) is 11.8 Å². The van der Waals surface area contributed by atoms with E-state index in [1.165, 1.54) is 23.8 Å². The van der Waals surface area contributed by atoms with Gasteiger partial charge in [0.2, 0.25) is 0 Å². The first kappa shape index (κ1) is 11.0. The summed E-state index contributed by atoms with van der Waals surface area (Å²) in [4.78, 5) is 0. The number of benzene rings is 2. The molecule has 3 rings (SSSR count). The Balaban J connectivity index is 1.74. The molecule has 2 heteroatoms. The van der Waals surface area contributed by atoms with Crippen molar-refractivity contribution in [2.75, 3.05) is 0 Å². The van der Waals surface area contributed by atoms with Crippen molar-refractivity contribution in [1.29, 1.82) is 0 Å². The molecule has 1 saturated carbocycles. The van der Waals surface area contributed by atoms with E-state index in [1.807, 2.05) is 12.1 Å². The molecule has 0 radical (unpaired) electrons. The van der Waals surface area contributed by atoms with Crippen LogP contribution in [0.25, 0.3) is 0 Å². The molecule has 0 aliphatic heterocycles. The summed E-state index contributed by atoms with van der Waals surface area (Å²) in [6.45, 7) is 0. The van der Waals surface area contributed by atoms with Crippen LogP contribution < -0.4 is 0 Å². The second-order valence-electron chi connectivity index (χ2n) is 4.77. The Bertz CT molecular complexity index is 545. The lowest BCUT2D eigenvalue weighted by atomic mass is 10.0. The van der Waals surface area contributed by atoms with Crippen molar-refractivity contribution in [1.82, 2.24) is 0 Å². The second-order valence-corrected chi connectivity index (χ2v) is 4.77. The average Bonchev–Trinajstić information content (AvgIpc) is 3.21. The highest BCUT2D eigenvalue weighted by Crippen LogP contribution is 2.54. The average molecular weight is 237 g/mol. The first-order valence-corrected chi connectivity index (χ1v) is 6.21. The highest BCUT2D eigenvalue weighted by atomic mass is 16.4. The van der Waals surface area contributed by atoms with Crippen LogP contribution in [0, 0.1) is 0 Å². The lowest BCUT2D eigenvalue weighted by molar-refractivity contribution is 0.322. The Morgan fingerprint density at radius 2 is 1.50 bits per heavy atom. The minimum absolute atomic E-state index is 0.646. The van der Waals surface area contributed by atoms with Crippen molar-refractivity contribution in [2.45, 2.75) is 18.3 Å². The normalized spacial score (nSPS) is 22.2. The van der Waals surface area contributed by atoms with Gasteiger partial charge in [-0.3, -0.25) is 0 Å². The minimum Gasteiger partial charge on any atom is -0.411 e. The number of rotatable bonds is 3. The zero-order valence-corrected chi connectivity index (χ0v) is 10.0. The molecule has 0 heterocycles. The third-order valence-corrected chi connectivity index (χ3v) is 3.59. The Kier molecular flexibility index (Phi) is 2.85. The molecular formula is C16H15NO. The van der Waals surface area contributed by atoms with Gasteiger partial charge in [0.15, 0.2) is 0 Å². The van der Waals surface area contributed by atoms with E-state index in [2.05, 4.69) is 47.6 Å². The lowest BCUT2D eigenvalue weighted by Crippen LogP contribution is -1.86. The molecule has 2 aromatic rings. The molecule has 0 saturated heterocycles. The van der Waals surface area contributed by atoms with E-state index in [-0.39, 0.29) is 0 Å². The van der Waals surface area contributed by atoms with Crippen molar-refractivity contribution in [3.63, 3.8) is 0 Å². The zero-order chi connectivity index (χ0) is 12.4. The van der Waals surface area contributed by atoms with Crippen LogP contribution in [-0.4, -0.2) is 11.4 Å². The molecule has 1 aliphatic carbocycles. The van der Waals surface area contributed by atoms with E-state index in [0.717, 1.165) is 5.56 Å². The van der Waals surface area contributed by atoms with Gasteiger partial charge in [0.25, 0.3) is 0 Å². The molecule has 0 aromatic heterocycles. The predicted octanol–water partition coefficient (Wildman–Crippen LogP) is 3.77. The quantitative estimate of drug-likeness (QED) is 0.492. The Morgan fingerprint density at radius 3 is 2.11 bits per heavy atom. The van der Waals surface area contributed by atoms with E-state index >= 15 is 0 Å². The maximum absolute atomic E-state index is 8.47. The van der Waals surface area contributed by atoms with Gasteiger partial charge >= 0.3 is 0 Å². The third-order valence-electron chi connectivity index (χ3n) is 3.59. The molecule has 90 valence electrons. The maximum Gasteiger partial charge on any atom is 0.0733 e. The second kappa shape index (κ2) is 4.65. The summed E-state index contributed by atoms with van der Waals surface area (Å²) in [7, 11) is 0. The largest absolute Gasteiger partial charge is 0.411 e. The summed E-state index contributed by atoms with van der Waals surface area (Å²) in [6, 6.07) is 18.9. The molecule has 0 spiro atoms. The SMILES string of the molecule is O/N=C\c1ccc([C@@H]2C[C@@H]2c2ccccc2)cc1. The molecule has 1 aliphatic rings. The van der Waals surface area contributed by atoms with Crippen molar-refractivity contribution in [2.24, 2.45) is 5.16 Å². The van der Waals surface area contributed by atoms with E-state index in [1.54, 1.807) is 0 Å². The molecule has 2 aromatic carbocycles. The van der Waals surface area contributed by atoms with Crippen LogP contribution in [0.1, 0.15) is 34.9 Å². The fraction of sp³-hybridized carbons (Fsp3) is 0.188. The van der Waals surface area contributed by atoms with Crippen molar-refractivity contribution >= 4 is 6.21 Å². The highest BCUT2D eigenvalue weighted by molar-refractivity contribution is 5.79. The lowest BCUT2D eigenvalue weighted by Gasteiger charge is -2.01. The summed E-state index contributed by atoms with van der Waals surface area (Å²) in [6.07, 6.45) is 2.68. The van der Waals surface area contributed by atoms with Crippen LogP contribution in [0.5, 0.6) is 0 Å². The molecule has 0 bridgehead atoms. The molecule has 2 nitrogen and oxygen atoms in total.